The van der Waals surface area contributed by atoms with E-state index in [-0.39, 0.29) is 16.5 Å². The van der Waals surface area contributed by atoms with Gasteiger partial charge >= 0.3 is 6.18 Å². The van der Waals surface area contributed by atoms with Gasteiger partial charge in [-0.1, -0.05) is 12.1 Å². The van der Waals surface area contributed by atoms with Gasteiger partial charge in [0.05, 0.1) is 0 Å². The molecule has 0 radical (unpaired) electrons. The van der Waals surface area contributed by atoms with Crippen molar-refractivity contribution in [2.45, 2.75) is 11.1 Å². The minimum Gasteiger partial charge on any atom is -0.484 e. The molecule has 0 saturated heterocycles. The molecule has 0 atom stereocenters. The Hall–Kier alpha value is -3.86. The molecular weight excluding hydrogens is 459 g/mol. The highest BCUT2D eigenvalue weighted by Crippen LogP contribution is 2.27. The first kappa shape index (κ1) is 22.3. The van der Waals surface area contributed by atoms with E-state index in [1.807, 2.05) is 0 Å². The largest absolute Gasteiger partial charge is 0.484 e. The number of hydrogen-bond acceptors (Lipinski definition) is 5. The molecule has 4 rings (SSSR count). The molecule has 0 aliphatic carbocycles. The van der Waals surface area contributed by atoms with Gasteiger partial charge in [0, 0.05) is 22.5 Å². The molecular formula is C22H16F3N3O4S. The van der Waals surface area contributed by atoms with E-state index >= 15 is 0 Å². The number of halogens is 3. The van der Waals surface area contributed by atoms with Crippen molar-refractivity contribution < 1.29 is 31.1 Å². The van der Waals surface area contributed by atoms with E-state index in [0.717, 1.165) is 0 Å². The predicted molar refractivity (Wildman–Crippen MR) is 116 cm³/mol. The molecule has 3 aromatic rings. The number of alkyl halides is 3. The SMILES string of the molecule is O=C(Nc1ccc(OCC(F)(F)F)cc1)c1ccc(NC2=NS(=O)(=O)c3ccccc32)cc1. The van der Waals surface area contributed by atoms with Gasteiger partial charge in [-0.3, -0.25) is 4.79 Å². The zero-order chi connectivity index (χ0) is 23.6. The van der Waals surface area contributed by atoms with Gasteiger partial charge in [0.25, 0.3) is 15.9 Å². The van der Waals surface area contributed by atoms with Crippen molar-refractivity contribution in [1.82, 2.24) is 0 Å². The van der Waals surface area contributed by atoms with E-state index in [1.165, 1.54) is 42.5 Å². The Kier molecular flexibility index (Phi) is 5.81. The van der Waals surface area contributed by atoms with Crippen LogP contribution in [0.15, 0.2) is 82.1 Å². The monoisotopic (exact) mass is 475 g/mol. The predicted octanol–water partition coefficient (Wildman–Crippen LogP) is 4.44. The Bertz CT molecular complexity index is 1320. The molecule has 0 spiro atoms. The van der Waals surface area contributed by atoms with Crippen LogP contribution in [0.25, 0.3) is 0 Å². The number of anilines is 2. The second-order valence-corrected chi connectivity index (χ2v) is 8.57. The van der Waals surface area contributed by atoms with Crippen molar-refractivity contribution in [3.63, 3.8) is 0 Å². The average Bonchev–Trinajstić information content (AvgIpc) is 3.03. The Morgan fingerprint density at radius 2 is 1.55 bits per heavy atom. The molecule has 0 saturated carbocycles. The molecule has 1 amide bonds. The number of sulfonamides is 1. The van der Waals surface area contributed by atoms with E-state index in [4.69, 9.17) is 0 Å². The summed E-state index contributed by atoms with van der Waals surface area (Å²) in [7, 11) is -3.75. The third-order valence-corrected chi connectivity index (χ3v) is 5.89. The number of nitrogens with zero attached hydrogens (tertiary/aromatic N) is 1. The van der Waals surface area contributed by atoms with Gasteiger partial charge < -0.3 is 15.4 Å². The fourth-order valence-corrected chi connectivity index (χ4v) is 4.22. The maximum atomic E-state index is 12.4. The lowest BCUT2D eigenvalue weighted by Crippen LogP contribution is -2.19. The second-order valence-electron chi connectivity index (χ2n) is 7.00. The van der Waals surface area contributed by atoms with Crippen molar-refractivity contribution in [3.05, 3.63) is 83.9 Å². The first-order chi connectivity index (χ1) is 15.6. The van der Waals surface area contributed by atoms with Gasteiger partial charge in [0.2, 0.25) is 0 Å². The van der Waals surface area contributed by atoms with Crippen molar-refractivity contribution in [2.24, 2.45) is 4.40 Å². The van der Waals surface area contributed by atoms with Crippen LogP contribution in [0.4, 0.5) is 24.5 Å². The van der Waals surface area contributed by atoms with E-state index < -0.39 is 28.7 Å². The summed E-state index contributed by atoms with van der Waals surface area (Å²) < 4.78 is 69.3. The molecule has 0 aromatic heterocycles. The summed E-state index contributed by atoms with van der Waals surface area (Å²) in [5.41, 5.74) is 1.69. The molecule has 0 bridgehead atoms. The molecule has 1 heterocycles. The standard InChI is InChI=1S/C22H16F3N3O4S/c23-22(24,25)13-32-17-11-9-16(10-12-17)27-21(29)14-5-7-15(8-6-14)26-20-18-3-1-2-4-19(18)33(30,31)28-20/h1-12H,13H2,(H,26,28)(H,27,29). The van der Waals surface area contributed by atoms with Crippen LogP contribution in [0.2, 0.25) is 0 Å². The summed E-state index contributed by atoms with van der Waals surface area (Å²) in [5, 5.41) is 5.58. The van der Waals surface area contributed by atoms with E-state index in [2.05, 4.69) is 19.8 Å². The maximum absolute atomic E-state index is 12.4. The molecule has 1 aliphatic heterocycles. The van der Waals surface area contributed by atoms with Crippen LogP contribution in [0.5, 0.6) is 5.75 Å². The van der Waals surface area contributed by atoms with Crippen molar-refractivity contribution in [1.29, 1.82) is 0 Å². The number of rotatable bonds is 5. The highest BCUT2D eigenvalue weighted by Gasteiger charge is 2.29. The fourth-order valence-electron chi connectivity index (χ4n) is 3.04. The number of carbonyl (C=O) groups is 1. The zero-order valence-corrected chi connectivity index (χ0v) is 17.6. The van der Waals surface area contributed by atoms with Crippen LogP contribution >= 0.6 is 0 Å². The normalized spacial score (nSPS) is 14.2. The summed E-state index contributed by atoms with van der Waals surface area (Å²) in [6, 6.07) is 18.2. The molecule has 0 unspecified atom stereocenters. The molecule has 1 aliphatic rings. The number of benzene rings is 3. The van der Waals surface area contributed by atoms with E-state index in [0.29, 0.717) is 22.5 Å². The molecule has 3 aromatic carbocycles. The van der Waals surface area contributed by atoms with Gasteiger partial charge in [-0.25, -0.2) is 0 Å². The number of fused-ring (bicyclic) bond motifs is 1. The third-order valence-electron chi connectivity index (χ3n) is 4.56. The molecule has 2 N–H and O–H groups in total. The Balaban J connectivity index is 1.39. The minimum absolute atomic E-state index is 0.0270. The van der Waals surface area contributed by atoms with Gasteiger partial charge in [-0.2, -0.15) is 21.6 Å². The molecule has 170 valence electrons. The Morgan fingerprint density at radius 3 is 2.21 bits per heavy atom. The topological polar surface area (TPSA) is 96.9 Å². The highest BCUT2D eigenvalue weighted by atomic mass is 32.2. The maximum Gasteiger partial charge on any atom is 0.422 e. The van der Waals surface area contributed by atoms with E-state index in [9.17, 15) is 26.4 Å². The summed E-state index contributed by atoms with van der Waals surface area (Å²) >= 11 is 0. The van der Waals surface area contributed by atoms with Gasteiger partial charge in [0.1, 0.15) is 10.6 Å². The lowest BCUT2D eigenvalue weighted by molar-refractivity contribution is -0.153. The quantitative estimate of drug-likeness (QED) is 0.569. The van der Waals surface area contributed by atoms with Crippen LogP contribution in [0.3, 0.4) is 0 Å². The van der Waals surface area contributed by atoms with E-state index in [1.54, 1.807) is 30.3 Å². The smallest absolute Gasteiger partial charge is 0.422 e. The first-order valence-electron chi connectivity index (χ1n) is 9.53. The van der Waals surface area contributed by atoms with Crippen molar-refractivity contribution in [3.8, 4) is 5.75 Å². The molecule has 7 nitrogen and oxygen atoms in total. The zero-order valence-electron chi connectivity index (χ0n) is 16.8. The number of amides is 1. The second kappa shape index (κ2) is 8.58. The first-order valence-corrected chi connectivity index (χ1v) is 11.0. The van der Waals surface area contributed by atoms with Gasteiger partial charge in [-0.15, -0.1) is 4.40 Å². The average molecular weight is 475 g/mol. The number of carbonyl (C=O) groups excluding carboxylic acids is 1. The van der Waals surface area contributed by atoms with Crippen LogP contribution in [-0.4, -0.2) is 32.9 Å². The van der Waals surface area contributed by atoms with Crippen LogP contribution in [-0.2, 0) is 10.0 Å². The third kappa shape index (κ3) is 5.32. The molecule has 33 heavy (non-hydrogen) atoms. The van der Waals surface area contributed by atoms with Gasteiger partial charge in [-0.05, 0) is 60.7 Å². The summed E-state index contributed by atoms with van der Waals surface area (Å²) in [6.07, 6.45) is -4.43. The number of nitrogens with one attached hydrogen (secondary N) is 2. The van der Waals surface area contributed by atoms with Crippen LogP contribution in [0, 0.1) is 0 Å². The lowest BCUT2D eigenvalue weighted by atomic mass is 10.1. The van der Waals surface area contributed by atoms with Gasteiger partial charge in [0.15, 0.2) is 12.4 Å². The van der Waals surface area contributed by atoms with Crippen molar-refractivity contribution in [2.75, 3.05) is 17.2 Å². The summed E-state index contributed by atoms with van der Waals surface area (Å²) in [6.45, 7) is -1.40. The minimum atomic E-state index is -4.43. The Labute approximate surface area is 187 Å². The van der Waals surface area contributed by atoms with Crippen LogP contribution in [0.1, 0.15) is 15.9 Å². The van der Waals surface area contributed by atoms with Crippen molar-refractivity contribution >= 4 is 33.1 Å². The number of hydrogen-bond donors (Lipinski definition) is 2. The van der Waals surface area contributed by atoms with Crippen LogP contribution < -0.4 is 15.4 Å². The fraction of sp³-hybridized carbons (Fsp3) is 0.0909. The lowest BCUT2D eigenvalue weighted by Gasteiger charge is -2.10. The number of ether oxygens (including phenoxy) is 1. The number of amidine groups is 1. The Morgan fingerprint density at radius 1 is 0.909 bits per heavy atom. The molecule has 0 fully saturated rings. The highest BCUT2D eigenvalue weighted by molar-refractivity contribution is 7.90. The summed E-state index contributed by atoms with van der Waals surface area (Å²) in [5.74, 6) is -0.216. The summed E-state index contributed by atoms with van der Waals surface area (Å²) in [4.78, 5) is 12.6. The molecule has 11 heteroatoms.